The van der Waals surface area contributed by atoms with Gasteiger partial charge < -0.3 is 10.1 Å². The van der Waals surface area contributed by atoms with Gasteiger partial charge in [-0.15, -0.1) is 0 Å². The maximum absolute atomic E-state index is 5.47. The predicted octanol–water partition coefficient (Wildman–Crippen LogP) is 2.97. The first kappa shape index (κ1) is 12.4. The maximum atomic E-state index is 5.47. The van der Waals surface area contributed by atoms with Gasteiger partial charge in [-0.3, -0.25) is 0 Å². The second-order valence-corrected chi connectivity index (χ2v) is 5.51. The minimum Gasteiger partial charge on any atom is -0.496 e. The van der Waals surface area contributed by atoms with E-state index in [9.17, 15) is 0 Å². The highest BCUT2D eigenvalue weighted by atomic mass is 16.5. The zero-order chi connectivity index (χ0) is 12.3. The molecular weight excluding hydrogens is 210 g/mol. The van der Waals surface area contributed by atoms with Crippen LogP contribution in [0.2, 0.25) is 0 Å². The summed E-state index contributed by atoms with van der Waals surface area (Å²) in [6.07, 6.45) is 2.55. The molecule has 0 unspecified atom stereocenters. The van der Waals surface area contributed by atoms with Gasteiger partial charge >= 0.3 is 0 Å². The van der Waals surface area contributed by atoms with Crippen LogP contribution in [-0.4, -0.2) is 20.2 Å². The summed E-state index contributed by atoms with van der Waals surface area (Å²) in [7, 11) is 1.76. The van der Waals surface area contributed by atoms with Crippen LogP contribution in [0.1, 0.15) is 32.3 Å². The first-order valence-corrected chi connectivity index (χ1v) is 6.52. The Morgan fingerprint density at radius 2 is 2.00 bits per heavy atom. The fraction of sp³-hybridized carbons (Fsp3) is 0.600. The van der Waals surface area contributed by atoms with Crippen molar-refractivity contribution in [3.05, 3.63) is 29.8 Å². The van der Waals surface area contributed by atoms with Gasteiger partial charge in [-0.05, 0) is 31.4 Å². The van der Waals surface area contributed by atoms with E-state index in [1.165, 1.54) is 18.4 Å². The van der Waals surface area contributed by atoms with Crippen LogP contribution in [0.3, 0.4) is 0 Å². The molecule has 1 aliphatic rings. The van der Waals surface area contributed by atoms with Crippen LogP contribution in [0.5, 0.6) is 5.75 Å². The van der Waals surface area contributed by atoms with Crippen molar-refractivity contribution in [2.24, 2.45) is 5.92 Å². The molecule has 0 radical (unpaired) electrons. The Kier molecular flexibility index (Phi) is 3.72. The van der Waals surface area contributed by atoms with Crippen LogP contribution in [0.25, 0.3) is 0 Å². The zero-order valence-corrected chi connectivity index (χ0v) is 11.1. The molecule has 0 heterocycles. The van der Waals surface area contributed by atoms with Gasteiger partial charge in [-0.25, -0.2) is 0 Å². The standard InChI is InChI=1S/C15H23NO/c1-12(2)10-16-11-15(8-9-15)13-6-4-5-7-14(13)17-3/h4-7,12,16H,8-11H2,1-3H3. The Morgan fingerprint density at radius 1 is 1.29 bits per heavy atom. The average molecular weight is 233 g/mol. The topological polar surface area (TPSA) is 21.3 Å². The highest BCUT2D eigenvalue weighted by molar-refractivity contribution is 5.43. The highest BCUT2D eigenvalue weighted by Crippen LogP contribution is 2.50. The number of benzene rings is 1. The van der Waals surface area contributed by atoms with Crippen molar-refractivity contribution in [1.82, 2.24) is 5.32 Å². The van der Waals surface area contributed by atoms with Gasteiger partial charge in [0.1, 0.15) is 5.75 Å². The van der Waals surface area contributed by atoms with Gasteiger partial charge in [-0.2, -0.15) is 0 Å². The van der Waals surface area contributed by atoms with Gasteiger partial charge in [0.15, 0.2) is 0 Å². The summed E-state index contributed by atoms with van der Waals surface area (Å²) in [5.74, 6) is 1.75. The quantitative estimate of drug-likeness (QED) is 0.815. The Morgan fingerprint density at radius 3 is 2.59 bits per heavy atom. The van der Waals surface area contributed by atoms with Gasteiger partial charge in [0, 0.05) is 17.5 Å². The third kappa shape index (κ3) is 2.81. The molecule has 1 N–H and O–H groups in total. The average Bonchev–Trinajstić information content (AvgIpc) is 3.09. The van der Waals surface area contributed by atoms with Crippen molar-refractivity contribution in [2.45, 2.75) is 32.1 Å². The normalized spacial score (nSPS) is 17.2. The summed E-state index contributed by atoms with van der Waals surface area (Å²) in [5, 5.41) is 3.58. The first-order chi connectivity index (χ1) is 8.18. The summed E-state index contributed by atoms with van der Waals surface area (Å²) in [6.45, 7) is 6.66. The molecule has 17 heavy (non-hydrogen) atoms. The van der Waals surface area contributed by atoms with E-state index in [1.54, 1.807) is 7.11 Å². The van der Waals surface area contributed by atoms with E-state index in [0.29, 0.717) is 11.3 Å². The number of methoxy groups -OCH3 is 1. The number of rotatable bonds is 6. The minimum absolute atomic E-state index is 0.335. The Bertz CT molecular complexity index is 369. The predicted molar refractivity (Wildman–Crippen MR) is 71.6 cm³/mol. The van der Waals surface area contributed by atoms with E-state index in [4.69, 9.17) is 4.74 Å². The molecule has 0 aliphatic heterocycles. The lowest BCUT2D eigenvalue weighted by atomic mass is 9.94. The SMILES string of the molecule is COc1ccccc1C1(CNCC(C)C)CC1. The molecule has 1 fully saturated rings. The molecule has 2 heteroatoms. The first-order valence-electron chi connectivity index (χ1n) is 6.52. The van der Waals surface area contributed by atoms with Crippen LogP contribution in [0, 0.1) is 5.92 Å². The molecule has 0 bridgehead atoms. The van der Waals surface area contributed by atoms with E-state index >= 15 is 0 Å². The third-order valence-electron chi connectivity index (χ3n) is 3.55. The summed E-state index contributed by atoms with van der Waals surface area (Å²) in [6, 6.07) is 8.43. The Balaban J connectivity index is 2.05. The lowest BCUT2D eigenvalue weighted by Gasteiger charge is -2.20. The number of para-hydroxylation sites is 1. The third-order valence-corrected chi connectivity index (χ3v) is 3.55. The summed E-state index contributed by atoms with van der Waals surface area (Å²) in [4.78, 5) is 0. The summed E-state index contributed by atoms with van der Waals surface area (Å²) in [5.41, 5.74) is 1.71. The molecule has 0 amide bonds. The van der Waals surface area contributed by atoms with Crippen LogP contribution < -0.4 is 10.1 Å². The second-order valence-electron chi connectivity index (χ2n) is 5.51. The van der Waals surface area contributed by atoms with Gasteiger partial charge in [0.25, 0.3) is 0 Å². The van der Waals surface area contributed by atoms with E-state index in [-0.39, 0.29) is 0 Å². The van der Waals surface area contributed by atoms with Crippen molar-refractivity contribution in [2.75, 3.05) is 20.2 Å². The zero-order valence-electron chi connectivity index (χ0n) is 11.1. The van der Waals surface area contributed by atoms with Gasteiger partial charge in [-0.1, -0.05) is 32.0 Å². The molecule has 0 aromatic heterocycles. The van der Waals surface area contributed by atoms with Crippen molar-refractivity contribution < 1.29 is 4.74 Å². The monoisotopic (exact) mass is 233 g/mol. The molecule has 1 aromatic rings. The molecule has 94 valence electrons. The van der Waals surface area contributed by atoms with E-state index in [1.807, 2.05) is 6.07 Å². The van der Waals surface area contributed by atoms with Crippen molar-refractivity contribution in [3.8, 4) is 5.75 Å². The molecule has 0 spiro atoms. The van der Waals surface area contributed by atoms with Crippen LogP contribution in [0.15, 0.2) is 24.3 Å². The van der Waals surface area contributed by atoms with Crippen LogP contribution in [0.4, 0.5) is 0 Å². The van der Waals surface area contributed by atoms with E-state index < -0.39 is 0 Å². The minimum atomic E-state index is 0.335. The molecule has 2 nitrogen and oxygen atoms in total. The highest BCUT2D eigenvalue weighted by Gasteiger charge is 2.45. The number of ether oxygens (including phenoxy) is 1. The van der Waals surface area contributed by atoms with E-state index in [0.717, 1.165) is 18.8 Å². The number of hydrogen-bond donors (Lipinski definition) is 1. The molecule has 0 atom stereocenters. The fourth-order valence-corrected chi connectivity index (χ4v) is 2.38. The molecular formula is C15H23NO. The maximum Gasteiger partial charge on any atom is 0.122 e. The number of hydrogen-bond acceptors (Lipinski definition) is 2. The lowest BCUT2D eigenvalue weighted by molar-refractivity contribution is 0.400. The summed E-state index contributed by atoms with van der Waals surface area (Å²) >= 11 is 0. The van der Waals surface area contributed by atoms with Crippen LogP contribution in [-0.2, 0) is 5.41 Å². The second kappa shape index (κ2) is 5.09. The van der Waals surface area contributed by atoms with Gasteiger partial charge in [0.05, 0.1) is 7.11 Å². The number of nitrogens with one attached hydrogen (secondary N) is 1. The van der Waals surface area contributed by atoms with Crippen molar-refractivity contribution in [3.63, 3.8) is 0 Å². The summed E-state index contributed by atoms with van der Waals surface area (Å²) < 4.78 is 5.47. The Hall–Kier alpha value is -1.02. The van der Waals surface area contributed by atoms with Crippen molar-refractivity contribution >= 4 is 0 Å². The fourth-order valence-electron chi connectivity index (χ4n) is 2.38. The van der Waals surface area contributed by atoms with E-state index in [2.05, 4.69) is 37.4 Å². The van der Waals surface area contributed by atoms with Crippen molar-refractivity contribution in [1.29, 1.82) is 0 Å². The molecule has 1 aromatic carbocycles. The largest absolute Gasteiger partial charge is 0.496 e. The van der Waals surface area contributed by atoms with Gasteiger partial charge in [0.2, 0.25) is 0 Å². The molecule has 1 saturated carbocycles. The smallest absolute Gasteiger partial charge is 0.122 e. The molecule has 2 rings (SSSR count). The van der Waals surface area contributed by atoms with Crippen LogP contribution >= 0.6 is 0 Å². The molecule has 0 saturated heterocycles. The Labute approximate surface area is 104 Å². The lowest BCUT2D eigenvalue weighted by Crippen LogP contribution is -2.30. The molecule has 1 aliphatic carbocycles.